The lowest BCUT2D eigenvalue weighted by Crippen LogP contribution is -2.37. The van der Waals surface area contributed by atoms with Crippen LogP contribution in [0.3, 0.4) is 0 Å². The van der Waals surface area contributed by atoms with E-state index >= 15 is 0 Å². The monoisotopic (exact) mass is 368 g/mol. The zero-order chi connectivity index (χ0) is 18.3. The van der Waals surface area contributed by atoms with Gasteiger partial charge in [-0.05, 0) is 31.9 Å². The van der Waals surface area contributed by atoms with Crippen molar-refractivity contribution in [3.05, 3.63) is 45.6 Å². The summed E-state index contributed by atoms with van der Waals surface area (Å²) in [6.07, 6.45) is 5.82. The molecular formula is C21H24N2O2S. The zero-order valence-corrected chi connectivity index (χ0v) is 16.1. The quantitative estimate of drug-likeness (QED) is 0.676. The van der Waals surface area contributed by atoms with Crippen LogP contribution in [0.25, 0.3) is 21.0 Å². The second kappa shape index (κ2) is 6.88. The number of para-hydroxylation sites is 1. The number of fused-ring (bicyclic) bond motifs is 3. The van der Waals surface area contributed by atoms with Crippen LogP contribution in [-0.4, -0.2) is 28.5 Å². The fourth-order valence-electron chi connectivity index (χ4n) is 4.13. The van der Waals surface area contributed by atoms with Crippen molar-refractivity contribution in [2.75, 3.05) is 7.05 Å². The van der Waals surface area contributed by atoms with Crippen molar-refractivity contribution in [1.82, 2.24) is 9.47 Å². The van der Waals surface area contributed by atoms with E-state index in [0.29, 0.717) is 22.8 Å². The van der Waals surface area contributed by atoms with Crippen LogP contribution in [0.5, 0.6) is 0 Å². The number of aryl methyl sites for hydroxylation is 1. The number of carbonyl (C=O) groups is 1. The maximum atomic E-state index is 13.0. The van der Waals surface area contributed by atoms with E-state index in [2.05, 4.69) is 0 Å². The lowest BCUT2D eigenvalue weighted by atomic mass is 9.94. The molecule has 0 atom stereocenters. The van der Waals surface area contributed by atoms with Crippen LogP contribution in [0.1, 0.15) is 48.7 Å². The number of aromatic nitrogens is 1. The summed E-state index contributed by atoms with van der Waals surface area (Å²) in [5.41, 5.74) is 0.936. The van der Waals surface area contributed by atoms with Gasteiger partial charge in [0.05, 0.1) is 15.8 Å². The van der Waals surface area contributed by atoms with E-state index in [0.717, 1.165) is 28.4 Å². The van der Waals surface area contributed by atoms with E-state index in [1.165, 1.54) is 30.6 Å². The van der Waals surface area contributed by atoms with Crippen LogP contribution in [0.2, 0.25) is 0 Å². The number of hydrogen-bond donors (Lipinski definition) is 0. The maximum absolute atomic E-state index is 13.0. The molecule has 0 aliphatic heterocycles. The molecule has 4 rings (SSSR count). The molecule has 2 heterocycles. The number of hydrogen-bond acceptors (Lipinski definition) is 3. The highest BCUT2D eigenvalue weighted by molar-refractivity contribution is 7.21. The Balaban J connectivity index is 1.82. The minimum Gasteiger partial charge on any atom is -0.338 e. The summed E-state index contributed by atoms with van der Waals surface area (Å²) in [5, 5.41) is 1.71. The lowest BCUT2D eigenvalue weighted by molar-refractivity contribution is 0.0701. The molecule has 0 bridgehead atoms. The number of rotatable bonds is 3. The molecule has 1 aliphatic rings. The van der Waals surface area contributed by atoms with Gasteiger partial charge in [0, 0.05) is 29.7 Å². The van der Waals surface area contributed by atoms with Gasteiger partial charge in [0.15, 0.2) is 0 Å². The normalized spacial score (nSPS) is 15.6. The predicted octanol–water partition coefficient (Wildman–Crippen LogP) is 4.64. The van der Waals surface area contributed by atoms with E-state index in [-0.39, 0.29) is 11.5 Å². The molecule has 5 heteroatoms. The van der Waals surface area contributed by atoms with Crippen molar-refractivity contribution in [1.29, 1.82) is 0 Å². The number of benzene rings is 1. The van der Waals surface area contributed by atoms with Gasteiger partial charge in [0.1, 0.15) is 0 Å². The molecule has 1 aliphatic carbocycles. The molecular weight excluding hydrogens is 344 g/mol. The molecule has 1 amide bonds. The van der Waals surface area contributed by atoms with Gasteiger partial charge in [-0.3, -0.25) is 9.59 Å². The van der Waals surface area contributed by atoms with Gasteiger partial charge in [-0.25, -0.2) is 0 Å². The fraction of sp³-hybridized carbons (Fsp3) is 0.429. The predicted molar refractivity (Wildman–Crippen MR) is 108 cm³/mol. The topological polar surface area (TPSA) is 42.3 Å². The summed E-state index contributed by atoms with van der Waals surface area (Å²) in [4.78, 5) is 28.5. The van der Waals surface area contributed by atoms with Gasteiger partial charge in [0.2, 0.25) is 0 Å². The first-order valence-corrected chi connectivity index (χ1v) is 10.3. The average Bonchev–Trinajstić information content (AvgIpc) is 3.14. The molecule has 1 fully saturated rings. The highest BCUT2D eigenvalue weighted by Gasteiger charge is 2.25. The first-order chi connectivity index (χ1) is 12.6. The Hall–Kier alpha value is -2.14. The van der Waals surface area contributed by atoms with Gasteiger partial charge >= 0.3 is 0 Å². The van der Waals surface area contributed by atoms with Crippen LogP contribution in [0.4, 0.5) is 0 Å². The molecule has 0 unspecified atom stereocenters. The molecule has 0 saturated heterocycles. The van der Waals surface area contributed by atoms with Crippen molar-refractivity contribution in [3.8, 4) is 0 Å². The van der Waals surface area contributed by atoms with Crippen molar-refractivity contribution < 1.29 is 4.79 Å². The molecule has 4 nitrogen and oxygen atoms in total. The Morgan fingerprint density at radius 1 is 1.19 bits per heavy atom. The number of thiophene rings is 1. The summed E-state index contributed by atoms with van der Waals surface area (Å²) < 4.78 is 2.72. The molecule has 0 radical (unpaired) electrons. The Kier molecular flexibility index (Phi) is 4.57. The highest BCUT2D eigenvalue weighted by Crippen LogP contribution is 2.32. The molecule has 1 saturated carbocycles. The summed E-state index contributed by atoms with van der Waals surface area (Å²) in [7, 11) is 1.91. The van der Waals surface area contributed by atoms with Crippen LogP contribution in [0.15, 0.2) is 35.1 Å². The van der Waals surface area contributed by atoms with Crippen molar-refractivity contribution in [2.45, 2.75) is 51.6 Å². The Labute approximate surface area is 157 Å². The minimum absolute atomic E-state index is 0.00294. The van der Waals surface area contributed by atoms with Crippen LogP contribution in [-0.2, 0) is 6.54 Å². The number of amides is 1. The lowest BCUT2D eigenvalue weighted by Gasteiger charge is -2.30. The SMILES string of the molecule is CCn1c(=O)c2cc(C(=O)N(C)C3CCCCC3)sc2c2ccccc21. The Morgan fingerprint density at radius 2 is 1.92 bits per heavy atom. The van der Waals surface area contributed by atoms with E-state index in [4.69, 9.17) is 0 Å². The number of nitrogens with zero attached hydrogens (tertiary/aromatic N) is 2. The number of pyridine rings is 1. The summed E-state index contributed by atoms with van der Waals surface area (Å²) in [6.45, 7) is 2.60. The van der Waals surface area contributed by atoms with Crippen molar-refractivity contribution in [3.63, 3.8) is 0 Å². The second-order valence-corrected chi connectivity index (χ2v) is 8.18. The molecule has 3 aromatic rings. The number of carbonyl (C=O) groups excluding carboxylic acids is 1. The van der Waals surface area contributed by atoms with Gasteiger partial charge in [0.25, 0.3) is 11.5 Å². The van der Waals surface area contributed by atoms with E-state index < -0.39 is 0 Å². The van der Waals surface area contributed by atoms with E-state index in [9.17, 15) is 9.59 Å². The third-order valence-electron chi connectivity index (χ3n) is 5.62. The molecule has 1 aromatic carbocycles. The third kappa shape index (κ3) is 2.75. The fourth-order valence-corrected chi connectivity index (χ4v) is 5.30. The standard InChI is InChI=1S/C21H24N2O2S/c1-3-23-17-12-8-7-11-15(17)19-16(20(23)24)13-18(26-19)21(25)22(2)14-9-5-4-6-10-14/h7-8,11-14H,3-6,9-10H2,1-2H3. The summed E-state index contributed by atoms with van der Waals surface area (Å²) in [6, 6.07) is 10.1. The summed E-state index contributed by atoms with van der Waals surface area (Å²) >= 11 is 1.46. The second-order valence-electron chi connectivity index (χ2n) is 7.13. The Bertz CT molecular complexity index is 1030. The van der Waals surface area contributed by atoms with Crippen LogP contribution < -0.4 is 5.56 Å². The molecule has 2 aromatic heterocycles. The highest BCUT2D eigenvalue weighted by atomic mass is 32.1. The minimum atomic E-state index is -0.00294. The molecule has 0 spiro atoms. The molecule has 136 valence electrons. The first-order valence-electron chi connectivity index (χ1n) is 9.44. The van der Waals surface area contributed by atoms with Crippen molar-refractivity contribution in [2.24, 2.45) is 0 Å². The van der Waals surface area contributed by atoms with Gasteiger partial charge in [-0.2, -0.15) is 0 Å². The average molecular weight is 369 g/mol. The van der Waals surface area contributed by atoms with E-state index in [1.807, 2.05) is 49.2 Å². The van der Waals surface area contributed by atoms with Crippen molar-refractivity contribution >= 4 is 38.2 Å². The largest absolute Gasteiger partial charge is 0.338 e. The van der Waals surface area contributed by atoms with Gasteiger partial charge < -0.3 is 9.47 Å². The molecule has 0 N–H and O–H groups in total. The van der Waals surface area contributed by atoms with Gasteiger partial charge in [-0.15, -0.1) is 11.3 Å². The maximum Gasteiger partial charge on any atom is 0.263 e. The van der Waals surface area contributed by atoms with Gasteiger partial charge in [-0.1, -0.05) is 37.5 Å². The molecule has 26 heavy (non-hydrogen) atoms. The van der Waals surface area contributed by atoms with Crippen LogP contribution >= 0.6 is 11.3 Å². The van der Waals surface area contributed by atoms with Crippen LogP contribution in [0, 0.1) is 0 Å². The zero-order valence-electron chi connectivity index (χ0n) is 15.3. The Morgan fingerprint density at radius 3 is 2.65 bits per heavy atom. The first kappa shape index (κ1) is 17.3. The van der Waals surface area contributed by atoms with E-state index in [1.54, 1.807) is 4.57 Å². The summed E-state index contributed by atoms with van der Waals surface area (Å²) in [5.74, 6) is 0.0460. The third-order valence-corrected chi connectivity index (χ3v) is 6.77. The smallest absolute Gasteiger partial charge is 0.263 e.